The fourth-order valence-corrected chi connectivity index (χ4v) is 2.14. The van der Waals surface area contributed by atoms with Gasteiger partial charge in [-0.15, -0.1) is 0 Å². The van der Waals surface area contributed by atoms with Crippen LogP contribution in [0.4, 0.5) is 0 Å². The topological polar surface area (TPSA) is 43.4 Å². The standard InChI is InChI=1S/C12H20O3/c1-9(11(13)7-8-15-2)12(14)10-5-3-4-6-10/h9-10H,3-8H2,1-2H3. The molecule has 0 aromatic rings. The number of Topliss-reactive ketones (excluding diaryl/α,β-unsaturated/α-hetero) is 2. The lowest BCUT2D eigenvalue weighted by atomic mass is 9.89. The number of hydrogen-bond acceptors (Lipinski definition) is 3. The van der Waals surface area contributed by atoms with Crippen LogP contribution in [0.25, 0.3) is 0 Å². The van der Waals surface area contributed by atoms with Gasteiger partial charge in [-0.3, -0.25) is 9.59 Å². The van der Waals surface area contributed by atoms with Gasteiger partial charge in [0, 0.05) is 19.4 Å². The SMILES string of the molecule is COCCC(=O)C(C)C(=O)C1CCCC1. The smallest absolute Gasteiger partial charge is 0.146 e. The van der Waals surface area contributed by atoms with E-state index in [0.717, 1.165) is 25.7 Å². The molecule has 3 heteroatoms. The average Bonchev–Trinajstić information content (AvgIpc) is 2.77. The number of carbonyl (C=O) groups is 2. The fraction of sp³-hybridized carbons (Fsp3) is 0.833. The maximum atomic E-state index is 11.9. The molecule has 1 fully saturated rings. The monoisotopic (exact) mass is 212 g/mol. The van der Waals surface area contributed by atoms with Gasteiger partial charge in [0.25, 0.3) is 0 Å². The summed E-state index contributed by atoms with van der Waals surface area (Å²) < 4.78 is 4.84. The van der Waals surface area contributed by atoms with Crippen LogP contribution in [-0.4, -0.2) is 25.3 Å². The normalized spacial score (nSPS) is 19.1. The number of carbonyl (C=O) groups excluding carboxylic acids is 2. The van der Waals surface area contributed by atoms with E-state index >= 15 is 0 Å². The molecule has 1 aliphatic rings. The molecule has 86 valence electrons. The lowest BCUT2D eigenvalue weighted by molar-refractivity contribution is -0.134. The number of ether oxygens (including phenoxy) is 1. The number of hydrogen-bond donors (Lipinski definition) is 0. The molecule has 0 amide bonds. The summed E-state index contributed by atoms with van der Waals surface area (Å²) in [5.41, 5.74) is 0. The van der Waals surface area contributed by atoms with Crippen LogP contribution >= 0.6 is 0 Å². The molecule has 0 aromatic heterocycles. The molecule has 0 radical (unpaired) electrons. The second kappa shape index (κ2) is 6.01. The third-order valence-electron chi connectivity index (χ3n) is 3.22. The van der Waals surface area contributed by atoms with Crippen LogP contribution < -0.4 is 0 Å². The van der Waals surface area contributed by atoms with Gasteiger partial charge in [0.05, 0.1) is 12.5 Å². The van der Waals surface area contributed by atoms with E-state index in [1.165, 1.54) is 0 Å². The van der Waals surface area contributed by atoms with Crippen LogP contribution in [0.1, 0.15) is 39.0 Å². The second-order valence-corrected chi connectivity index (χ2v) is 4.31. The van der Waals surface area contributed by atoms with Gasteiger partial charge in [0.15, 0.2) is 0 Å². The molecule has 1 unspecified atom stereocenters. The second-order valence-electron chi connectivity index (χ2n) is 4.31. The van der Waals surface area contributed by atoms with Crippen molar-refractivity contribution in [1.82, 2.24) is 0 Å². The molecule has 0 aliphatic heterocycles. The quantitative estimate of drug-likeness (QED) is 0.632. The Bertz CT molecular complexity index is 229. The van der Waals surface area contributed by atoms with Crippen LogP contribution in [0, 0.1) is 11.8 Å². The first kappa shape index (κ1) is 12.4. The summed E-state index contributed by atoms with van der Waals surface area (Å²) in [6.45, 7) is 2.15. The molecular weight excluding hydrogens is 192 g/mol. The van der Waals surface area contributed by atoms with E-state index in [2.05, 4.69) is 0 Å². The van der Waals surface area contributed by atoms with Crippen LogP contribution in [0.3, 0.4) is 0 Å². The summed E-state index contributed by atoms with van der Waals surface area (Å²) >= 11 is 0. The number of rotatable bonds is 6. The van der Waals surface area contributed by atoms with E-state index in [1.54, 1.807) is 14.0 Å². The summed E-state index contributed by atoms with van der Waals surface area (Å²) in [6.07, 6.45) is 4.57. The minimum Gasteiger partial charge on any atom is -0.384 e. The fourth-order valence-electron chi connectivity index (χ4n) is 2.14. The first-order valence-electron chi connectivity index (χ1n) is 5.72. The molecule has 0 bridgehead atoms. The molecule has 1 atom stereocenters. The third kappa shape index (κ3) is 3.42. The minimum absolute atomic E-state index is 0.0220. The molecule has 15 heavy (non-hydrogen) atoms. The summed E-state index contributed by atoms with van der Waals surface area (Å²) in [5, 5.41) is 0. The van der Waals surface area contributed by atoms with Crippen molar-refractivity contribution < 1.29 is 14.3 Å². The third-order valence-corrected chi connectivity index (χ3v) is 3.22. The Morgan fingerprint density at radius 2 is 1.93 bits per heavy atom. The van der Waals surface area contributed by atoms with E-state index in [-0.39, 0.29) is 17.5 Å². The summed E-state index contributed by atoms with van der Waals surface area (Å²) in [7, 11) is 1.57. The van der Waals surface area contributed by atoms with E-state index in [4.69, 9.17) is 4.74 Å². The Labute approximate surface area is 91.2 Å². The molecule has 0 spiro atoms. The number of methoxy groups -OCH3 is 1. The van der Waals surface area contributed by atoms with Crippen molar-refractivity contribution in [1.29, 1.82) is 0 Å². The predicted molar refractivity (Wildman–Crippen MR) is 57.6 cm³/mol. The molecule has 0 heterocycles. The van der Waals surface area contributed by atoms with Crippen molar-refractivity contribution in [2.75, 3.05) is 13.7 Å². The summed E-state index contributed by atoms with van der Waals surface area (Å²) in [5.74, 6) is -0.114. The van der Waals surface area contributed by atoms with Crippen LogP contribution in [0.5, 0.6) is 0 Å². The lowest BCUT2D eigenvalue weighted by Crippen LogP contribution is -2.27. The van der Waals surface area contributed by atoms with Gasteiger partial charge in [-0.1, -0.05) is 12.8 Å². The Kier molecular flexibility index (Phi) is 4.95. The van der Waals surface area contributed by atoms with Crippen molar-refractivity contribution in [3.8, 4) is 0 Å². The Morgan fingerprint density at radius 1 is 1.33 bits per heavy atom. The molecule has 0 N–H and O–H groups in total. The zero-order valence-electron chi connectivity index (χ0n) is 9.62. The van der Waals surface area contributed by atoms with Crippen molar-refractivity contribution in [3.63, 3.8) is 0 Å². The predicted octanol–water partition coefficient (Wildman–Crippen LogP) is 1.99. The van der Waals surface area contributed by atoms with Crippen molar-refractivity contribution in [3.05, 3.63) is 0 Å². The van der Waals surface area contributed by atoms with Gasteiger partial charge in [0.1, 0.15) is 11.6 Å². The first-order chi connectivity index (χ1) is 7.16. The van der Waals surface area contributed by atoms with Gasteiger partial charge in [-0.25, -0.2) is 0 Å². The molecule has 1 saturated carbocycles. The highest BCUT2D eigenvalue weighted by Gasteiger charge is 2.29. The molecular formula is C12H20O3. The molecule has 0 saturated heterocycles. The number of ketones is 2. The van der Waals surface area contributed by atoms with Crippen LogP contribution in [0.15, 0.2) is 0 Å². The minimum atomic E-state index is -0.428. The van der Waals surface area contributed by atoms with Gasteiger partial charge >= 0.3 is 0 Å². The highest BCUT2D eigenvalue weighted by atomic mass is 16.5. The summed E-state index contributed by atoms with van der Waals surface area (Å²) in [4.78, 5) is 23.5. The van der Waals surface area contributed by atoms with E-state index in [9.17, 15) is 9.59 Å². The summed E-state index contributed by atoms with van der Waals surface area (Å²) in [6, 6.07) is 0. The van der Waals surface area contributed by atoms with E-state index in [0.29, 0.717) is 13.0 Å². The molecule has 0 aromatic carbocycles. The van der Waals surface area contributed by atoms with Crippen molar-refractivity contribution in [2.45, 2.75) is 39.0 Å². The molecule has 3 nitrogen and oxygen atoms in total. The Morgan fingerprint density at radius 3 is 2.47 bits per heavy atom. The van der Waals surface area contributed by atoms with Gasteiger partial charge < -0.3 is 4.74 Å². The van der Waals surface area contributed by atoms with E-state index < -0.39 is 5.92 Å². The maximum Gasteiger partial charge on any atom is 0.146 e. The largest absolute Gasteiger partial charge is 0.384 e. The average molecular weight is 212 g/mol. The zero-order valence-corrected chi connectivity index (χ0v) is 9.62. The Balaban J connectivity index is 2.40. The van der Waals surface area contributed by atoms with Crippen LogP contribution in [0.2, 0.25) is 0 Å². The van der Waals surface area contributed by atoms with Gasteiger partial charge in [0.2, 0.25) is 0 Å². The Hall–Kier alpha value is -0.700. The van der Waals surface area contributed by atoms with Gasteiger partial charge in [-0.2, -0.15) is 0 Å². The van der Waals surface area contributed by atoms with Gasteiger partial charge in [-0.05, 0) is 19.8 Å². The molecule has 1 aliphatic carbocycles. The highest BCUT2D eigenvalue weighted by Crippen LogP contribution is 2.28. The lowest BCUT2D eigenvalue weighted by Gasteiger charge is -2.13. The maximum absolute atomic E-state index is 11.9. The zero-order chi connectivity index (χ0) is 11.3. The first-order valence-corrected chi connectivity index (χ1v) is 5.72. The molecule has 1 rings (SSSR count). The van der Waals surface area contributed by atoms with E-state index in [1.807, 2.05) is 0 Å². The van der Waals surface area contributed by atoms with Crippen LogP contribution in [-0.2, 0) is 14.3 Å². The van der Waals surface area contributed by atoms with Crippen molar-refractivity contribution in [2.24, 2.45) is 11.8 Å². The van der Waals surface area contributed by atoms with Crippen molar-refractivity contribution >= 4 is 11.6 Å². The highest BCUT2D eigenvalue weighted by molar-refractivity contribution is 6.03.